The first-order valence-electron chi connectivity index (χ1n) is 7.21. The van der Waals surface area contributed by atoms with Crippen molar-refractivity contribution in [2.45, 2.75) is 32.7 Å². The van der Waals surface area contributed by atoms with Gasteiger partial charge < -0.3 is 14.6 Å². The lowest BCUT2D eigenvalue weighted by Gasteiger charge is -2.27. The van der Waals surface area contributed by atoms with Gasteiger partial charge in [0.2, 0.25) is 0 Å². The zero-order valence-electron chi connectivity index (χ0n) is 11.8. The van der Waals surface area contributed by atoms with Gasteiger partial charge in [-0.1, -0.05) is 6.07 Å². The predicted octanol–water partition coefficient (Wildman–Crippen LogP) is 3.20. The van der Waals surface area contributed by atoms with E-state index in [1.165, 1.54) is 16.5 Å². The molecule has 0 spiro atoms. The zero-order valence-corrected chi connectivity index (χ0v) is 11.8. The Morgan fingerprint density at radius 1 is 1.26 bits per heavy atom. The molecule has 1 N–H and O–H groups in total. The van der Waals surface area contributed by atoms with Crippen LogP contribution in [-0.2, 0) is 6.42 Å². The number of H-pyrrole nitrogens is 1. The van der Waals surface area contributed by atoms with Gasteiger partial charge in [0.15, 0.2) is 0 Å². The number of hydrogen-bond donors (Lipinski definition) is 1. The van der Waals surface area contributed by atoms with Crippen LogP contribution in [0.25, 0.3) is 10.9 Å². The fourth-order valence-corrected chi connectivity index (χ4v) is 2.88. The highest BCUT2D eigenvalue weighted by Gasteiger charge is 2.15. The monoisotopic (exact) mass is 258 g/mol. The quantitative estimate of drug-likeness (QED) is 0.850. The smallest absolute Gasteiger partial charge is 0.128 e. The first-order chi connectivity index (χ1) is 9.25. The standard InChI is InChI=1S/C16H22N2O/c1-12(2)18-8-4-10-19-15-6-3-5-14-16(15)13(7-9-18)11-17-14/h3,5-6,11-12,17H,4,7-10H2,1-2H3. The molecule has 0 bridgehead atoms. The Balaban J connectivity index is 1.96. The number of nitrogens with zero attached hydrogens (tertiary/aromatic N) is 1. The predicted molar refractivity (Wildman–Crippen MR) is 78.8 cm³/mol. The van der Waals surface area contributed by atoms with E-state index in [4.69, 9.17) is 4.74 Å². The lowest BCUT2D eigenvalue weighted by Crippen LogP contribution is -2.34. The summed E-state index contributed by atoms with van der Waals surface area (Å²) in [5.74, 6) is 1.03. The van der Waals surface area contributed by atoms with Crippen LogP contribution in [0.4, 0.5) is 0 Å². The van der Waals surface area contributed by atoms with E-state index in [0.717, 1.165) is 38.3 Å². The largest absolute Gasteiger partial charge is 0.493 e. The third-order valence-corrected chi connectivity index (χ3v) is 4.00. The molecule has 3 rings (SSSR count). The Labute approximate surface area is 114 Å². The van der Waals surface area contributed by atoms with Crippen LogP contribution in [0, 0.1) is 0 Å². The maximum absolute atomic E-state index is 5.98. The summed E-state index contributed by atoms with van der Waals surface area (Å²) in [6, 6.07) is 6.87. The fraction of sp³-hybridized carbons (Fsp3) is 0.500. The third kappa shape index (κ3) is 2.47. The maximum Gasteiger partial charge on any atom is 0.128 e. The van der Waals surface area contributed by atoms with Crippen molar-refractivity contribution in [1.82, 2.24) is 9.88 Å². The topological polar surface area (TPSA) is 28.3 Å². The molecular weight excluding hydrogens is 236 g/mol. The van der Waals surface area contributed by atoms with Gasteiger partial charge in [0.1, 0.15) is 5.75 Å². The van der Waals surface area contributed by atoms with Crippen molar-refractivity contribution in [3.8, 4) is 5.75 Å². The number of nitrogens with one attached hydrogen (secondary N) is 1. The average molecular weight is 258 g/mol. The highest BCUT2D eigenvalue weighted by molar-refractivity contribution is 5.89. The van der Waals surface area contributed by atoms with Gasteiger partial charge in [-0.15, -0.1) is 0 Å². The number of aromatic nitrogens is 1. The summed E-state index contributed by atoms with van der Waals surface area (Å²) < 4.78 is 5.98. The summed E-state index contributed by atoms with van der Waals surface area (Å²) in [7, 11) is 0. The molecule has 1 aromatic carbocycles. The average Bonchev–Trinajstić information content (AvgIpc) is 2.82. The van der Waals surface area contributed by atoms with Gasteiger partial charge in [-0.3, -0.25) is 0 Å². The van der Waals surface area contributed by atoms with Crippen molar-refractivity contribution < 1.29 is 4.74 Å². The minimum absolute atomic E-state index is 0.601. The molecule has 3 nitrogen and oxygen atoms in total. The van der Waals surface area contributed by atoms with E-state index in [-0.39, 0.29) is 0 Å². The molecule has 0 unspecified atom stereocenters. The summed E-state index contributed by atoms with van der Waals surface area (Å²) in [5.41, 5.74) is 2.56. The molecule has 102 valence electrons. The summed E-state index contributed by atoms with van der Waals surface area (Å²) in [6.45, 7) is 7.58. The summed E-state index contributed by atoms with van der Waals surface area (Å²) >= 11 is 0. The highest BCUT2D eigenvalue weighted by atomic mass is 16.5. The van der Waals surface area contributed by atoms with Crippen molar-refractivity contribution in [3.63, 3.8) is 0 Å². The van der Waals surface area contributed by atoms with Crippen molar-refractivity contribution in [1.29, 1.82) is 0 Å². The van der Waals surface area contributed by atoms with Crippen LogP contribution in [-0.4, -0.2) is 35.6 Å². The van der Waals surface area contributed by atoms with Gasteiger partial charge in [-0.2, -0.15) is 0 Å². The number of hydrogen-bond acceptors (Lipinski definition) is 2. The Kier molecular flexibility index (Phi) is 3.47. The van der Waals surface area contributed by atoms with Crippen molar-refractivity contribution in [2.75, 3.05) is 19.7 Å². The molecule has 0 saturated carbocycles. The molecule has 0 amide bonds. The number of ether oxygens (including phenoxy) is 1. The van der Waals surface area contributed by atoms with Crippen LogP contribution in [0.5, 0.6) is 5.75 Å². The van der Waals surface area contributed by atoms with Gasteiger partial charge in [0, 0.05) is 36.2 Å². The number of benzene rings is 1. The third-order valence-electron chi connectivity index (χ3n) is 4.00. The SMILES string of the molecule is CC(C)N1CCCOc2cccc3[nH]cc(c23)CC1. The molecule has 2 aromatic rings. The zero-order chi connectivity index (χ0) is 13.2. The van der Waals surface area contributed by atoms with Gasteiger partial charge in [-0.05, 0) is 44.4 Å². The van der Waals surface area contributed by atoms with Gasteiger partial charge >= 0.3 is 0 Å². The van der Waals surface area contributed by atoms with E-state index in [9.17, 15) is 0 Å². The van der Waals surface area contributed by atoms with E-state index in [0.29, 0.717) is 6.04 Å². The molecule has 0 radical (unpaired) electrons. The minimum Gasteiger partial charge on any atom is -0.493 e. The van der Waals surface area contributed by atoms with Crippen molar-refractivity contribution in [3.05, 3.63) is 30.0 Å². The van der Waals surface area contributed by atoms with Crippen LogP contribution in [0.15, 0.2) is 24.4 Å². The van der Waals surface area contributed by atoms with Crippen LogP contribution in [0.2, 0.25) is 0 Å². The highest BCUT2D eigenvalue weighted by Crippen LogP contribution is 2.30. The lowest BCUT2D eigenvalue weighted by atomic mass is 10.1. The van der Waals surface area contributed by atoms with Crippen molar-refractivity contribution >= 4 is 10.9 Å². The van der Waals surface area contributed by atoms with Gasteiger partial charge in [0.25, 0.3) is 0 Å². The Morgan fingerprint density at radius 3 is 3.00 bits per heavy atom. The lowest BCUT2D eigenvalue weighted by molar-refractivity contribution is 0.199. The molecule has 0 fully saturated rings. The molecule has 1 aliphatic rings. The van der Waals surface area contributed by atoms with Crippen LogP contribution in [0.3, 0.4) is 0 Å². The first-order valence-corrected chi connectivity index (χ1v) is 7.21. The molecule has 1 aliphatic heterocycles. The second-order valence-electron chi connectivity index (χ2n) is 5.57. The van der Waals surface area contributed by atoms with Crippen molar-refractivity contribution in [2.24, 2.45) is 0 Å². The van der Waals surface area contributed by atoms with Crippen LogP contribution in [0.1, 0.15) is 25.8 Å². The molecule has 1 aromatic heterocycles. The Hall–Kier alpha value is -1.48. The Bertz CT molecular complexity index is 559. The van der Waals surface area contributed by atoms with E-state index in [2.05, 4.69) is 48.1 Å². The van der Waals surface area contributed by atoms with Gasteiger partial charge in [0.05, 0.1) is 6.61 Å². The van der Waals surface area contributed by atoms with Crippen LogP contribution < -0.4 is 4.74 Å². The number of rotatable bonds is 1. The normalized spacial score (nSPS) is 17.6. The molecule has 0 saturated heterocycles. The minimum atomic E-state index is 0.601. The van der Waals surface area contributed by atoms with E-state index in [1.54, 1.807) is 0 Å². The van der Waals surface area contributed by atoms with E-state index >= 15 is 0 Å². The molecular formula is C16H22N2O. The van der Waals surface area contributed by atoms with Gasteiger partial charge in [-0.25, -0.2) is 0 Å². The van der Waals surface area contributed by atoms with E-state index < -0.39 is 0 Å². The van der Waals surface area contributed by atoms with E-state index in [1.807, 2.05) is 0 Å². The molecule has 0 atom stereocenters. The number of aromatic amines is 1. The summed E-state index contributed by atoms with van der Waals surface area (Å²) in [4.78, 5) is 5.90. The molecule has 3 heteroatoms. The summed E-state index contributed by atoms with van der Waals surface area (Å²) in [6.07, 6.45) is 4.31. The maximum atomic E-state index is 5.98. The molecule has 2 heterocycles. The Morgan fingerprint density at radius 2 is 2.16 bits per heavy atom. The molecule has 19 heavy (non-hydrogen) atoms. The second kappa shape index (κ2) is 5.25. The first kappa shape index (κ1) is 12.5. The fourth-order valence-electron chi connectivity index (χ4n) is 2.88. The van der Waals surface area contributed by atoms with Crippen LogP contribution >= 0.6 is 0 Å². The second-order valence-corrected chi connectivity index (χ2v) is 5.57. The summed E-state index contributed by atoms with van der Waals surface area (Å²) in [5, 5.41) is 1.27. The molecule has 0 aliphatic carbocycles.